The van der Waals surface area contributed by atoms with Crippen LogP contribution in [0.25, 0.3) is 0 Å². The quantitative estimate of drug-likeness (QED) is 0.567. The maximum atomic E-state index is 10.5. The van der Waals surface area contributed by atoms with Crippen molar-refractivity contribution in [2.45, 2.75) is 18.9 Å². The van der Waals surface area contributed by atoms with Gasteiger partial charge in [0.05, 0.1) is 4.92 Å². The molecule has 0 aliphatic rings. The maximum Gasteiger partial charge on any atom is 0.269 e. The molecule has 1 rings (SSSR count). The Morgan fingerprint density at radius 2 is 2.27 bits per heavy atom. The van der Waals surface area contributed by atoms with Crippen LogP contribution in [0.1, 0.15) is 24.4 Å². The minimum Gasteiger partial charge on any atom is -0.396 e. The van der Waals surface area contributed by atoms with Crippen LogP contribution in [0.15, 0.2) is 24.3 Å². The molecule has 1 aromatic carbocycles. The molecule has 1 aromatic rings. The van der Waals surface area contributed by atoms with Gasteiger partial charge in [0, 0.05) is 24.8 Å². The van der Waals surface area contributed by atoms with E-state index in [0.29, 0.717) is 12.8 Å². The number of aliphatic hydroxyl groups is 1. The molecule has 0 heterocycles. The van der Waals surface area contributed by atoms with E-state index in [4.69, 9.17) is 10.8 Å². The minimum atomic E-state index is -0.442. The van der Waals surface area contributed by atoms with E-state index in [0.717, 1.165) is 5.56 Å². The van der Waals surface area contributed by atoms with Crippen LogP contribution in [0.3, 0.4) is 0 Å². The summed E-state index contributed by atoms with van der Waals surface area (Å²) in [7, 11) is 0. The first-order valence-electron chi connectivity index (χ1n) is 4.76. The predicted molar refractivity (Wildman–Crippen MR) is 56.3 cm³/mol. The van der Waals surface area contributed by atoms with E-state index in [1.54, 1.807) is 12.1 Å². The van der Waals surface area contributed by atoms with Crippen LogP contribution >= 0.6 is 0 Å². The van der Waals surface area contributed by atoms with E-state index in [-0.39, 0.29) is 18.3 Å². The molecule has 82 valence electrons. The Kier molecular flexibility index (Phi) is 4.20. The smallest absolute Gasteiger partial charge is 0.269 e. The lowest BCUT2D eigenvalue weighted by atomic mass is 10.0. The molecule has 0 aliphatic carbocycles. The van der Waals surface area contributed by atoms with Crippen LogP contribution in [0.5, 0.6) is 0 Å². The van der Waals surface area contributed by atoms with E-state index in [9.17, 15) is 10.1 Å². The minimum absolute atomic E-state index is 0.0481. The normalized spacial score (nSPS) is 12.4. The molecule has 15 heavy (non-hydrogen) atoms. The van der Waals surface area contributed by atoms with Crippen molar-refractivity contribution in [3.63, 3.8) is 0 Å². The van der Waals surface area contributed by atoms with E-state index in [1.165, 1.54) is 12.1 Å². The lowest BCUT2D eigenvalue weighted by Gasteiger charge is -2.10. The summed E-state index contributed by atoms with van der Waals surface area (Å²) in [6.07, 6.45) is 1.22. The Labute approximate surface area is 87.7 Å². The van der Waals surface area contributed by atoms with Gasteiger partial charge in [-0.15, -0.1) is 0 Å². The number of aliphatic hydroxyl groups excluding tert-OH is 1. The molecule has 0 saturated heterocycles. The molecule has 0 unspecified atom stereocenters. The number of benzene rings is 1. The van der Waals surface area contributed by atoms with Gasteiger partial charge in [0.1, 0.15) is 0 Å². The molecule has 0 aromatic heterocycles. The first kappa shape index (κ1) is 11.6. The van der Waals surface area contributed by atoms with Gasteiger partial charge in [0.25, 0.3) is 5.69 Å². The lowest BCUT2D eigenvalue weighted by Crippen LogP contribution is -2.10. The predicted octanol–water partition coefficient (Wildman–Crippen LogP) is 1.37. The molecule has 0 spiro atoms. The Balaban J connectivity index is 2.76. The van der Waals surface area contributed by atoms with Crippen molar-refractivity contribution in [3.8, 4) is 0 Å². The average molecular weight is 210 g/mol. The van der Waals surface area contributed by atoms with Gasteiger partial charge < -0.3 is 10.8 Å². The van der Waals surface area contributed by atoms with Gasteiger partial charge in [-0.3, -0.25) is 10.1 Å². The highest BCUT2D eigenvalue weighted by atomic mass is 16.6. The molecule has 0 amide bonds. The van der Waals surface area contributed by atoms with Crippen molar-refractivity contribution in [2.75, 3.05) is 6.61 Å². The van der Waals surface area contributed by atoms with E-state index in [1.807, 2.05) is 0 Å². The summed E-state index contributed by atoms with van der Waals surface area (Å²) < 4.78 is 0. The third-order valence-corrected chi connectivity index (χ3v) is 2.18. The van der Waals surface area contributed by atoms with Crippen LogP contribution in [0.4, 0.5) is 5.69 Å². The number of non-ortho nitro benzene ring substituents is 1. The first-order chi connectivity index (χ1) is 7.15. The van der Waals surface area contributed by atoms with Crippen LogP contribution in [0.2, 0.25) is 0 Å². The Bertz CT molecular complexity index is 341. The number of nitro benzene ring substituents is 1. The zero-order valence-corrected chi connectivity index (χ0v) is 8.30. The van der Waals surface area contributed by atoms with Gasteiger partial charge >= 0.3 is 0 Å². The molecule has 0 radical (unpaired) electrons. The zero-order chi connectivity index (χ0) is 11.3. The highest BCUT2D eigenvalue weighted by Crippen LogP contribution is 2.20. The Morgan fingerprint density at radius 1 is 1.53 bits per heavy atom. The lowest BCUT2D eigenvalue weighted by molar-refractivity contribution is -0.384. The third-order valence-electron chi connectivity index (χ3n) is 2.18. The number of nitrogens with two attached hydrogens (primary N) is 1. The monoisotopic (exact) mass is 210 g/mol. The van der Waals surface area contributed by atoms with Gasteiger partial charge in [-0.05, 0) is 18.4 Å². The summed E-state index contributed by atoms with van der Waals surface area (Å²) in [5.41, 5.74) is 6.60. The number of hydrogen-bond acceptors (Lipinski definition) is 4. The third kappa shape index (κ3) is 3.30. The second-order valence-corrected chi connectivity index (χ2v) is 3.32. The topological polar surface area (TPSA) is 89.4 Å². The molecular weight excluding hydrogens is 196 g/mol. The fourth-order valence-electron chi connectivity index (χ4n) is 1.35. The van der Waals surface area contributed by atoms with Crippen LogP contribution in [0, 0.1) is 10.1 Å². The molecule has 0 bridgehead atoms. The molecule has 0 saturated carbocycles. The zero-order valence-electron chi connectivity index (χ0n) is 8.30. The highest BCUT2D eigenvalue weighted by Gasteiger charge is 2.10. The highest BCUT2D eigenvalue weighted by molar-refractivity contribution is 5.35. The second kappa shape index (κ2) is 5.43. The van der Waals surface area contributed by atoms with Gasteiger partial charge in [-0.25, -0.2) is 0 Å². The fraction of sp³-hybridized carbons (Fsp3) is 0.400. The molecule has 3 N–H and O–H groups in total. The molecule has 0 aliphatic heterocycles. The van der Waals surface area contributed by atoms with Crippen molar-refractivity contribution in [1.82, 2.24) is 0 Å². The standard InChI is InChI=1S/C10H14N2O3/c11-10(5-2-6-13)8-3-1-4-9(7-8)12(14)15/h1,3-4,7,10,13H,2,5-6,11H2/t10-/m1/s1. The van der Waals surface area contributed by atoms with Gasteiger partial charge in [-0.2, -0.15) is 0 Å². The first-order valence-corrected chi connectivity index (χ1v) is 4.76. The maximum absolute atomic E-state index is 10.5. The summed E-state index contributed by atoms with van der Waals surface area (Å²) in [6.45, 7) is 0.0859. The molecule has 5 heteroatoms. The van der Waals surface area contributed by atoms with E-state index < -0.39 is 4.92 Å². The van der Waals surface area contributed by atoms with E-state index in [2.05, 4.69) is 0 Å². The van der Waals surface area contributed by atoms with E-state index >= 15 is 0 Å². The van der Waals surface area contributed by atoms with Gasteiger partial charge in [0.15, 0.2) is 0 Å². The van der Waals surface area contributed by atoms with Crippen LogP contribution in [-0.4, -0.2) is 16.6 Å². The van der Waals surface area contributed by atoms with Crippen LogP contribution < -0.4 is 5.73 Å². The summed E-state index contributed by atoms with van der Waals surface area (Å²) >= 11 is 0. The van der Waals surface area contributed by atoms with Crippen molar-refractivity contribution < 1.29 is 10.0 Å². The number of nitro groups is 1. The second-order valence-electron chi connectivity index (χ2n) is 3.32. The summed E-state index contributed by atoms with van der Waals surface area (Å²) in [5, 5.41) is 19.2. The largest absolute Gasteiger partial charge is 0.396 e. The van der Waals surface area contributed by atoms with Crippen molar-refractivity contribution in [3.05, 3.63) is 39.9 Å². The number of hydrogen-bond donors (Lipinski definition) is 2. The Morgan fingerprint density at radius 3 is 2.87 bits per heavy atom. The summed E-state index contributed by atoms with van der Waals surface area (Å²) in [6, 6.07) is 6.03. The molecular formula is C10H14N2O3. The van der Waals surface area contributed by atoms with Crippen molar-refractivity contribution in [2.24, 2.45) is 5.73 Å². The average Bonchev–Trinajstić information content (AvgIpc) is 2.26. The van der Waals surface area contributed by atoms with Gasteiger partial charge in [-0.1, -0.05) is 12.1 Å². The fourth-order valence-corrected chi connectivity index (χ4v) is 1.35. The summed E-state index contributed by atoms with van der Waals surface area (Å²) in [4.78, 5) is 10.1. The number of nitrogens with zero attached hydrogens (tertiary/aromatic N) is 1. The van der Waals surface area contributed by atoms with Crippen LogP contribution in [-0.2, 0) is 0 Å². The molecule has 1 atom stereocenters. The molecule has 0 fully saturated rings. The number of rotatable bonds is 5. The Hall–Kier alpha value is -1.46. The molecule has 5 nitrogen and oxygen atoms in total. The van der Waals surface area contributed by atoms with Crippen molar-refractivity contribution >= 4 is 5.69 Å². The van der Waals surface area contributed by atoms with Gasteiger partial charge in [0.2, 0.25) is 0 Å². The van der Waals surface area contributed by atoms with Crippen molar-refractivity contribution in [1.29, 1.82) is 0 Å². The summed E-state index contributed by atoms with van der Waals surface area (Å²) in [5.74, 6) is 0. The SMILES string of the molecule is N[C@H](CCCO)c1cccc([N+](=O)[O-])c1.